The summed E-state index contributed by atoms with van der Waals surface area (Å²) in [7, 11) is 1.75. The van der Waals surface area contributed by atoms with Gasteiger partial charge in [0, 0.05) is 13.1 Å². The molecule has 0 fully saturated rings. The SMILES string of the molecule is CCOC(=O)CCN(C)CC(=O)NCCC#N. The fourth-order valence-electron chi connectivity index (χ4n) is 1.15. The van der Waals surface area contributed by atoms with E-state index in [4.69, 9.17) is 10.00 Å². The molecule has 0 aromatic rings. The second kappa shape index (κ2) is 9.60. The van der Waals surface area contributed by atoms with Crippen LogP contribution in [-0.4, -0.2) is 50.1 Å². The van der Waals surface area contributed by atoms with Crippen LogP contribution in [0.25, 0.3) is 0 Å². The van der Waals surface area contributed by atoms with Gasteiger partial charge in [0.25, 0.3) is 0 Å². The number of ether oxygens (including phenoxy) is 1. The smallest absolute Gasteiger partial charge is 0.307 e. The highest BCUT2D eigenvalue weighted by atomic mass is 16.5. The third kappa shape index (κ3) is 9.33. The molecule has 0 aliphatic rings. The van der Waals surface area contributed by atoms with Crippen LogP contribution in [0.1, 0.15) is 19.8 Å². The molecular formula is C11H19N3O3. The van der Waals surface area contributed by atoms with E-state index in [2.05, 4.69) is 5.32 Å². The van der Waals surface area contributed by atoms with Crippen LogP contribution in [0.5, 0.6) is 0 Å². The standard InChI is InChI=1S/C11H19N3O3/c1-3-17-11(16)5-8-14(2)9-10(15)13-7-4-6-12/h3-5,7-9H2,1-2H3,(H,13,15). The predicted molar refractivity (Wildman–Crippen MR) is 62.0 cm³/mol. The number of carbonyl (C=O) groups is 2. The Morgan fingerprint density at radius 1 is 1.47 bits per heavy atom. The lowest BCUT2D eigenvalue weighted by Gasteiger charge is -2.15. The molecule has 1 amide bonds. The van der Waals surface area contributed by atoms with Crippen molar-refractivity contribution in [1.82, 2.24) is 10.2 Å². The Morgan fingerprint density at radius 3 is 2.76 bits per heavy atom. The highest BCUT2D eigenvalue weighted by Crippen LogP contribution is 1.91. The lowest BCUT2D eigenvalue weighted by atomic mass is 10.4. The summed E-state index contributed by atoms with van der Waals surface area (Å²) >= 11 is 0. The van der Waals surface area contributed by atoms with Gasteiger partial charge in [-0.15, -0.1) is 0 Å². The molecule has 0 aromatic heterocycles. The minimum Gasteiger partial charge on any atom is -0.466 e. The topological polar surface area (TPSA) is 82.4 Å². The minimum atomic E-state index is -0.260. The number of carbonyl (C=O) groups excluding carboxylic acids is 2. The first kappa shape index (κ1) is 15.4. The Labute approximate surface area is 102 Å². The fraction of sp³-hybridized carbons (Fsp3) is 0.727. The Bertz CT molecular complexity index is 286. The molecule has 0 radical (unpaired) electrons. The highest BCUT2D eigenvalue weighted by Gasteiger charge is 2.08. The second-order valence-corrected chi connectivity index (χ2v) is 3.55. The summed E-state index contributed by atoms with van der Waals surface area (Å²) in [5.41, 5.74) is 0. The van der Waals surface area contributed by atoms with Gasteiger partial charge in [-0.1, -0.05) is 0 Å². The van der Waals surface area contributed by atoms with E-state index in [0.717, 1.165) is 0 Å². The number of rotatable bonds is 8. The summed E-state index contributed by atoms with van der Waals surface area (Å²) in [6, 6.07) is 1.94. The monoisotopic (exact) mass is 241 g/mol. The zero-order valence-corrected chi connectivity index (χ0v) is 10.4. The van der Waals surface area contributed by atoms with E-state index in [0.29, 0.717) is 26.1 Å². The summed E-state index contributed by atoms with van der Waals surface area (Å²) in [6.07, 6.45) is 0.577. The summed E-state index contributed by atoms with van der Waals surface area (Å²) in [5, 5.41) is 10.9. The van der Waals surface area contributed by atoms with Gasteiger partial charge >= 0.3 is 5.97 Å². The molecule has 0 aromatic carbocycles. The largest absolute Gasteiger partial charge is 0.466 e. The molecule has 96 valence electrons. The van der Waals surface area contributed by atoms with Crippen molar-refractivity contribution in [2.45, 2.75) is 19.8 Å². The third-order valence-electron chi connectivity index (χ3n) is 1.98. The first-order valence-corrected chi connectivity index (χ1v) is 5.58. The fourth-order valence-corrected chi connectivity index (χ4v) is 1.15. The molecule has 0 aliphatic carbocycles. The van der Waals surface area contributed by atoms with Gasteiger partial charge in [0.1, 0.15) is 0 Å². The molecule has 0 saturated carbocycles. The molecule has 0 spiro atoms. The van der Waals surface area contributed by atoms with Crippen molar-refractivity contribution in [3.8, 4) is 6.07 Å². The van der Waals surface area contributed by atoms with E-state index in [-0.39, 0.29) is 24.8 Å². The summed E-state index contributed by atoms with van der Waals surface area (Å²) < 4.78 is 4.77. The quantitative estimate of drug-likeness (QED) is 0.474. The van der Waals surface area contributed by atoms with E-state index in [1.807, 2.05) is 6.07 Å². The van der Waals surface area contributed by atoms with Gasteiger partial charge in [0.2, 0.25) is 5.91 Å². The Balaban J connectivity index is 3.64. The van der Waals surface area contributed by atoms with Crippen molar-refractivity contribution < 1.29 is 14.3 Å². The van der Waals surface area contributed by atoms with Crippen LogP contribution in [0.4, 0.5) is 0 Å². The van der Waals surface area contributed by atoms with E-state index < -0.39 is 0 Å². The zero-order chi connectivity index (χ0) is 13.1. The van der Waals surface area contributed by atoms with Gasteiger partial charge in [0.15, 0.2) is 0 Å². The number of nitriles is 1. The summed E-state index contributed by atoms with van der Waals surface area (Å²) in [4.78, 5) is 24.1. The molecule has 0 atom stereocenters. The van der Waals surface area contributed by atoms with Gasteiger partial charge < -0.3 is 10.1 Å². The highest BCUT2D eigenvalue weighted by molar-refractivity contribution is 5.78. The third-order valence-corrected chi connectivity index (χ3v) is 1.98. The number of likely N-dealkylation sites (N-methyl/N-ethyl adjacent to an activating group) is 1. The van der Waals surface area contributed by atoms with Crippen LogP contribution in [-0.2, 0) is 14.3 Å². The molecule has 0 aliphatic heterocycles. The van der Waals surface area contributed by atoms with E-state index >= 15 is 0 Å². The van der Waals surface area contributed by atoms with E-state index in [1.165, 1.54) is 0 Å². The lowest BCUT2D eigenvalue weighted by molar-refractivity contribution is -0.143. The molecule has 0 saturated heterocycles. The molecule has 0 rings (SSSR count). The van der Waals surface area contributed by atoms with Crippen LogP contribution in [0.15, 0.2) is 0 Å². The molecular weight excluding hydrogens is 222 g/mol. The molecule has 1 N–H and O–H groups in total. The molecule has 0 unspecified atom stereocenters. The average Bonchev–Trinajstić information content (AvgIpc) is 2.27. The summed E-state index contributed by atoms with van der Waals surface area (Å²) in [5.74, 6) is -0.407. The van der Waals surface area contributed by atoms with Gasteiger partial charge in [-0.25, -0.2) is 0 Å². The number of nitrogens with zero attached hydrogens (tertiary/aromatic N) is 2. The first-order chi connectivity index (χ1) is 8.10. The number of esters is 1. The van der Waals surface area contributed by atoms with Crippen molar-refractivity contribution in [2.75, 3.05) is 33.3 Å². The number of hydrogen-bond donors (Lipinski definition) is 1. The Hall–Kier alpha value is -1.61. The number of nitrogens with one attached hydrogen (secondary N) is 1. The van der Waals surface area contributed by atoms with Crippen molar-refractivity contribution in [2.24, 2.45) is 0 Å². The zero-order valence-electron chi connectivity index (χ0n) is 10.4. The van der Waals surface area contributed by atoms with E-state index in [9.17, 15) is 9.59 Å². The van der Waals surface area contributed by atoms with Crippen molar-refractivity contribution in [1.29, 1.82) is 5.26 Å². The van der Waals surface area contributed by atoms with Crippen LogP contribution in [0.2, 0.25) is 0 Å². The maximum atomic E-state index is 11.3. The molecule has 17 heavy (non-hydrogen) atoms. The first-order valence-electron chi connectivity index (χ1n) is 5.58. The van der Waals surface area contributed by atoms with Gasteiger partial charge in [-0.05, 0) is 14.0 Å². The van der Waals surface area contributed by atoms with Gasteiger partial charge in [-0.3, -0.25) is 14.5 Å². The maximum absolute atomic E-state index is 11.3. The van der Waals surface area contributed by atoms with Crippen LogP contribution < -0.4 is 5.32 Å². The molecule has 6 heteroatoms. The maximum Gasteiger partial charge on any atom is 0.307 e. The normalized spacial score (nSPS) is 9.76. The Morgan fingerprint density at radius 2 is 2.18 bits per heavy atom. The molecule has 0 bridgehead atoms. The predicted octanol–water partition coefficient (Wildman–Crippen LogP) is -0.0987. The number of amides is 1. The Kier molecular flexibility index (Phi) is 8.69. The average molecular weight is 241 g/mol. The van der Waals surface area contributed by atoms with Crippen LogP contribution >= 0.6 is 0 Å². The summed E-state index contributed by atoms with van der Waals surface area (Å²) in [6.45, 7) is 3.18. The van der Waals surface area contributed by atoms with Crippen molar-refractivity contribution in [3.63, 3.8) is 0 Å². The van der Waals surface area contributed by atoms with E-state index in [1.54, 1.807) is 18.9 Å². The molecule has 0 heterocycles. The van der Waals surface area contributed by atoms with Crippen molar-refractivity contribution >= 4 is 11.9 Å². The number of hydrogen-bond acceptors (Lipinski definition) is 5. The van der Waals surface area contributed by atoms with Crippen LogP contribution in [0.3, 0.4) is 0 Å². The molecule has 6 nitrogen and oxygen atoms in total. The van der Waals surface area contributed by atoms with Crippen LogP contribution in [0, 0.1) is 11.3 Å². The second-order valence-electron chi connectivity index (χ2n) is 3.55. The minimum absolute atomic E-state index is 0.147. The van der Waals surface area contributed by atoms with Gasteiger partial charge in [0.05, 0.1) is 32.1 Å². The van der Waals surface area contributed by atoms with Crippen molar-refractivity contribution in [3.05, 3.63) is 0 Å². The van der Waals surface area contributed by atoms with Gasteiger partial charge in [-0.2, -0.15) is 5.26 Å². The lowest BCUT2D eigenvalue weighted by Crippen LogP contribution is -2.36.